The van der Waals surface area contributed by atoms with Crippen molar-refractivity contribution in [1.29, 1.82) is 0 Å². The van der Waals surface area contributed by atoms with Crippen LogP contribution in [0.3, 0.4) is 0 Å². The molecule has 7 nitrogen and oxygen atoms in total. The zero-order chi connectivity index (χ0) is 26.0. The summed E-state index contributed by atoms with van der Waals surface area (Å²) in [5, 5.41) is 17.1. The van der Waals surface area contributed by atoms with Crippen LogP contribution >= 0.6 is 0 Å². The van der Waals surface area contributed by atoms with Gasteiger partial charge in [-0.05, 0) is 61.2 Å². The molecule has 1 saturated carbocycles. The lowest BCUT2D eigenvalue weighted by Gasteiger charge is -2.33. The molecule has 38 heavy (non-hydrogen) atoms. The van der Waals surface area contributed by atoms with Crippen molar-refractivity contribution in [3.63, 3.8) is 0 Å². The van der Waals surface area contributed by atoms with Gasteiger partial charge in [-0.15, -0.1) is 0 Å². The fraction of sp³-hybridized carbons (Fsp3) is 0.276. The summed E-state index contributed by atoms with van der Waals surface area (Å²) >= 11 is 0. The van der Waals surface area contributed by atoms with E-state index in [1.54, 1.807) is 10.7 Å². The molecule has 1 saturated heterocycles. The Balaban J connectivity index is 1.12. The maximum atomic E-state index is 14.3. The first-order valence-electron chi connectivity index (χ1n) is 12.8. The number of carbonyl (C=O) groups excluding carboxylic acids is 1. The van der Waals surface area contributed by atoms with Gasteiger partial charge in [0.2, 0.25) is 0 Å². The van der Waals surface area contributed by atoms with E-state index < -0.39 is 11.6 Å². The number of aromatic nitrogens is 4. The molecule has 3 atom stereocenters. The Hall–Kier alpha value is -4.11. The lowest BCUT2D eigenvalue weighted by Crippen LogP contribution is -2.49. The lowest BCUT2D eigenvalue weighted by atomic mass is 10.0. The predicted molar refractivity (Wildman–Crippen MR) is 140 cm³/mol. The van der Waals surface area contributed by atoms with Gasteiger partial charge in [0.15, 0.2) is 0 Å². The minimum absolute atomic E-state index is 0.0578. The van der Waals surface area contributed by atoms with Crippen LogP contribution in [0, 0.1) is 17.6 Å². The van der Waals surface area contributed by atoms with Crippen LogP contribution in [0.2, 0.25) is 0 Å². The van der Waals surface area contributed by atoms with Crippen LogP contribution < -0.4 is 5.32 Å². The Morgan fingerprint density at radius 2 is 1.95 bits per heavy atom. The molecule has 2 fully saturated rings. The van der Waals surface area contributed by atoms with E-state index >= 15 is 0 Å². The van der Waals surface area contributed by atoms with Gasteiger partial charge in [-0.2, -0.15) is 10.2 Å². The zero-order valence-corrected chi connectivity index (χ0v) is 20.8. The summed E-state index contributed by atoms with van der Waals surface area (Å²) in [6.07, 6.45) is 3.76. The molecule has 2 bridgehead atoms. The average molecular weight is 513 g/mol. The minimum Gasteiger partial charge on any atom is -0.348 e. The largest absolute Gasteiger partial charge is 0.348 e. The van der Waals surface area contributed by atoms with Crippen LogP contribution in [0.15, 0.2) is 60.8 Å². The normalized spacial score (nSPS) is 21.1. The molecule has 1 amide bonds. The number of hydrogen-bond acceptors (Lipinski definition) is 4. The van der Waals surface area contributed by atoms with E-state index in [1.807, 2.05) is 43.6 Å². The highest BCUT2D eigenvalue weighted by Gasteiger charge is 2.45. The number of nitrogens with one attached hydrogen (secondary N) is 2. The van der Waals surface area contributed by atoms with Crippen molar-refractivity contribution in [3.8, 4) is 11.3 Å². The number of nitrogens with zero attached hydrogens (tertiary/aromatic N) is 4. The Bertz CT molecular complexity index is 1690. The maximum Gasteiger partial charge on any atom is 0.251 e. The second-order valence-electron chi connectivity index (χ2n) is 10.5. The van der Waals surface area contributed by atoms with Gasteiger partial charge in [-0.25, -0.2) is 8.78 Å². The smallest absolute Gasteiger partial charge is 0.251 e. The van der Waals surface area contributed by atoms with Crippen molar-refractivity contribution in [2.75, 3.05) is 6.54 Å². The Kier molecular flexibility index (Phi) is 5.29. The Morgan fingerprint density at radius 1 is 1.11 bits per heavy atom. The van der Waals surface area contributed by atoms with E-state index in [0.717, 1.165) is 52.4 Å². The molecule has 3 aromatic carbocycles. The van der Waals surface area contributed by atoms with Gasteiger partial charge in [-0.3, -0.25) is 19.5 Å². The fourth-order valence-corrected chi connectivity index (χ4v) is 6.28. The first-order chi connectivity index (χ1) is 18.4. The van der Waals surface area contributed by atoms with Crippen molar-refractivity contribution in [2.45, 2.75) is 31.5 Å². The Labute approximate surface area is 217 Å². The maximum absolute atomic E-state index is 14.3. The van der Waals surface area contributed by atoms with Crippen LogP contribution in [0.25, 0.3) is 33.1 Å². The van der Waals surface area contributed by atoms with Gasteiger partial charge in [0.25, 0.3) is 5.91 Å². The summed E-state index contributed by atoms with van der Waals surface area (Å²) < 4.78 is 30.3. The quantitative estimate of drug-likeness (QED) is 0.355. The van der Waals surface area contributed by atoms with Crippen molar-refractivity contribution in [2.24, 2.45) is 13.0 Å². The molecule has 0 radical (unpaired) electrons. The van der Waals surface area contributed by atoms with Gasteiger partial charge in [0.1, 0.15) is 11.6 Å². The molecule has 3 heterocycles. The summed E-state index contributed by atoms with van der Waals surface area (Å²) in [7, 11) is 1.89. The summed E-state index contributed by atoms with van der Waals surface area (Å²) in [6, 6.07) is 15.5. The van der Waals surface area contributed by atoms with Crippen molar-refractivity contribution in [1.82, 2.24) is 30.2 Å². The molecule has 7 rings (SSSR count). The van der Waals surface area contributed by atoms with Gasteiger partial charge >= 0.3 is 0 Å². The Morgan fingerprint density at radius 3 is 2.76 bits per heavy atom. The number of fused-ring (bicyclic) bond motifs is 4. The standard InChI is InChI=1S/C29H26F2N6O/c1-36-14-19-11-17(5-7-24(19)35-36)28-20-12-18(6-8-25(20)33-34-28)29(38)32-26-9-16-10-27(26)37(13-16)15-21-22(30)3-2-4-23(21)31/h2-8,11-12,14,16,26-27H,9-10,13,15H2,1H3,(H,32,38)(H,33,34)/t16-,26-,27-/m1/s1. The molecule has 2 N–H and O–H groups in total. The third kappa shape index (κ3) is 3.85. The van der Waals surface area contributed by atoms with Crippen LogP contribution in [-0.2, 0) is 13.6 Å². The highest BCUT2D eigenvalue weighted by atomic mass is 19.1. The molecule has 9 heteroatoms. The average Bonchev–Trinajstić information content (AvgIpc) is 3.67. The molecule has 0 unspecified atom stereocenters. The minimum atomic E-state index is -0.528. The van der Waals surface area contributed by atoms with Gasteiger partial charge < -0.3 is 5.32 Å². The number of amides is 1. The molecule has 0 spiro atoms. The summed E-state index contributed by atoms with van der Waals surface area (Å²) in [5.41, 5.74) is 4.12. The van der Waals surface area contributed by atoms with Crippen molar-refractivity contribution >= 4 is 27.7 Å². The fourth-order valence-electron chi connectivity index (χ4n) is 6.28. The number of aryl methyl sites for hydroxylation is 1. The number of carbonyl (C=O) groups is 1. The lowest BCUT2D eigenvalue weighted by molar-refractivity contribution is 0.0886. The van der Waals surface area contributed by atoms with E-state index in [9.17, 15) is 13.6 Å². The second kappa shape index (κ2) is 8.73. The third-order valence-corrected chi connectivity index (χ3v) is 8.05. The highest BCUT2D eigenvalue weighted by Crippen LogP contribution is 2.39. The second-order valence-corrected chi connectivity index (χ2v) is 10.5. The molecule has 1 aliphatic carbocycles. The molecule has 2 aromatic heterocycles. The molecular weight excluding hydrogens is 486 g/mol. The number of benzene rings is 3. The number of H-pyrrole nitrogens is 1. The van der Waals surface area contributed by atoms with Gasteiger partial charge in [0.05, 0.1) is 16.7 Å². The van der Waals surface area contributed by atoms with Crippen molar-refractivity contribution < 1.29 is 13.6 Å². The molecule has 1 aliphatic heterocycles. The van der Waals surface area contributed by atoms with Crippen LogP contribution in [0.1, 0.15) is 28.8 Å². The van der Waals surface area contributed by atoms with Crippen molar-refractivity contribution in [3.05, 3.63) is 83.6 Å². The number of rotatable bonds is 5. The molecule has 192 valence electrons. The third-order valence-electron chi connectivity index (χ3n) is 8.05. The number of halogens is 2. The van der Waals surface area contributed by atoms with Gasteiger partial charge in [0, 0.05) is 65.9 Å². The zero-order valence-electron chi connectivity index (χ0n) is 20.8. The molecule has 5 aromatic rings. The topological polar surface area (TPSA) is 78.8 Å². The van der Waals surface area contributed by atoms with Crippen LogP contribution in [0.5, 0.6) is 0 Å². The van der Waals surface area contributed by atoms with Crippen LogP contribution in [-0.4, -0.2) is 49.4 Å². The predicted octanol–water partition coefficient (Wildman–Crippen LogP) is 4.79. The van der Waals surface area contributed by atoms with E-state index in [0.29, 0.717) is 11.5 Å². The van der Waals surface area contributed by atoms with E-state index in [2.05, 4.69) is 25.5 Å². The number of aromatic amines is 1. The summed E-state index contributed by atoms with van der Waals surface area (Å²) in [6.45, 7) is 0.994. The van der Waals surface area contributed by atoms with Crippen LogP contribution in [0.4, 0.5) is 8.78 Å². The molecule has 2 aliphatic rings. The SMILES string of the molecule is Cn1cc2cc(-c3n[nH]c4ccc(C(=O)N[C@@H]5C[C@@H]6C[C@H]5N(Cc5c(F)cccc5F)C6)cc34)ccc2n1. The number of likely N-dealkylation sites (tertiary alicyclic amines) is 1. The highest BCUT2D eigenvalue weighted by molar-refractivity contribution is 6.02. The van der Waals surface area contributed by atoms with E-state index in [1.165, 1.54) is 18.2 Å². The summed E-state index contributed by atoms with van der Waals surface area (Å²) in [4.78, 5) is 15.5. The van der Waals surface area contributed by atoms with E-state index in [-0.39, 0.29) is 30.1 Å². The molecular formula is C29H26F2N6O. The summed E-state index contributed by atoms with van der Waals surface area (Å²) in [5.74, 6) is -0.803. The first-order valence-corrected chi connectivity index (χ1v) is 12.8. The number of hydrogen-bond donors (Lipinski definition) is 2. The first kappa shape index (κ1) is 23.0. The van der Waals surface area contributed by atoms with Gasteiger partial charge in [-0.1, -0.05) is 12.1 Å². The van der Waals surface area contributed by atoms with E-state index in [4.69, 9.17) is 0 Å². The monoisotopic (exact) mass is 512 g/mol. The number of piperidine rings is 1.